The van der Waals surface area contributed by atoms with E-state index >= 15 is 0 Å². The molecule has 1 saturated heterocycles. The van der Waals surface area contributed by atoms with Crippen molar-refractivity contribution >= 4 is 22.6 Å². The Morgan fingerprint density at radius 3 is 2.47 bits per heavy atom. The molecular weight excluding hydrogens is 415 g/mol. The van der Waals surface area contributed by atoms with Crippen LogP contribution in [-0.2, 0) is 17.5 Å². The lowest BCUT2D eigenvalue weighted by molar-refractivity contribution is -0.137. The molecule has 0 aliphatic carbocycles. The monoisotopic (exact) mass is 435 g/mol. The lowest BCUT2D eigenvalue weighted by Crippen LogP contribution is -2.25. The van der Waals surface area contributed by atoms with Gasteiger partial charge in [-0.2, -0.15) is 13.2 Å². The maximum Gasteiger partial charge on any atom is 0.416 e. The molecule has 1 aromatic heterocycles. The highest BCUT2D eigenvalue weighted by atomic mass is 19.4. The Morgan fingerprint density at radius 1 is 0.938 bits per heavy atom. The Morgan fingerprint density at radius 2 is 1.69 bits per heavy atom. The number of aromatic nitrogens is 2. The summed E-state index contributed by atoms with van der Waals surface area (Å²) in [6, 6.07) is 22.7. The van der Waals surface area contributed by atoms with Gasteiger partial charge in [-0.3, -0.25) is 4.79 Å². The van der Waals surface area contributed by atoms with Crippen LogP contribution in [0.1, 0.15) is 29.3 Å². The van der Waals surface area contributed by atoms with Crippen molar-refractivity contribution in [3.05, 3.63) is 95.8 Å². The van der Waals surface area contributed by atoms with Gasteiger partial charge < -0.3 is 9.47 Å². The van der Waals surface area contributed by atoms with Gasteiger partial charge in [-0.15, -0.1) is 0 Å². The van der Waals surface area contributed by atoms with Gasteiger partial charge in [-0.1, -0.05) is 48.5 Å². The maximum absolute atomic E-state index is 13.2. The van der Waals surface area contributed by atoms with Gasteiger partial charge in [0.05, 0.1) is 16.6 Å². The third-order valence-electron chi connectivity index (χ3n) is 5.84. The molecule has 5 rings (SSSR count). The molecule has 32 heavy (non-hydrogen) atoms. The van der Waals surface area contributed by atoms with Crippen LogP contribution in [0.5, 0.6) is 0 Å². The topological polar surface area (TPSA) is 38.1 Å². The Balaban J connectivity index is 1.50. The van der Waals surface area contributed by atoms with E-state index in [4.69, 9.17) is 4.98 Å². The number of rotatable bonds is 4. The first-order valence-electron chi connectivity index (χ1n) is 10.4. The summed E-state index contributed by atoms with van der Waals surface area (Å²) in [6.45, 7) is 0.892. The quantitative estimate of drug-likeness (QED) is 0.417. The van der Waals surface area contributed by atoms with Crippen molar-refractivity contribution in [1.82, 2.24) is 9.55 Å². The van der Waals surface area contributed by atoms with Crippen molar-refractivity contribution in [2.45, 2.75) is 25.1 Å². The molecule has 3 aromatic carbocycles. The van der Waals surface area contributed by atoms with Crippen LogP contribution in [0.2, 0.25) is 0 Å². The molecule has 0 radical (unpaired) electrons. The van der Waals surface area contributed by atoms with Gasteiger partial charge in [-0.25, -0.2) is 4.98 Å². The fraction of sp³-hybridized carbons (Fsp3) is 0.200. The third kappa shape index (κ3) is 3.75. The standard InChI is InChI=1S/C25H20F3N3O/c26-25(27,28)19-9-6-10-20(14-19)30-16-18(13-23(30)32)24-29-21-11-4-5-12-22(21)31(24)15-17-7-2-1-3-8-17/h1-12,14,18H,13,15-16H2. The first-order valence-corrected chi connectivity index (χ1v) is 10.4. The minimum absolute atomic E-state index is 0.201. The summed E-state index contributed by atoms with van der Waals surface area (Å²) >= 11 is 0. The number of halogens is 3. The van der Waals surface area contributed by atoms with Crippen LogP contribution >= 0.6 is 0 Å². The van der Waals surface area contributed by atoms with Crippen LogP contribution in [-0.4, -0.2) is 22.0 Å². The molecule has 1 fully saturated rings. The number of imidazole rings is 1. The smallest absolute Gasteiger partial charge is 0.323 e. The number of fused-ring (bicyclic) bond motifs is 1. The number of anilines is 1. The summed E-state index contributed by atoms with van der Waals surface area (Å²) in [5.74, 6) is 0.360. The summed E-state index contributed by atoms with van der Waals surface area (Å²) in [7, 11) is 0. The summed E-state index contributed by atoms with van der Waals surface area (Å²) < 4.78 is 41.6. The number of carbonyl (C=O) groups excluding carboxylic acids is 1. The second kappa shape index (κ2) is 7.82. The van der Waals surface area contributed by atoms with E-state index in [1.807, 2.05) is 54.6 Å². The largest absolute Gasteiger partial charge is 0.416 e. The number of hydrogen-bond acceptors (Lipinski definition) is 2. The summed E-state index contributed by atoms with van der Waals surface area (Å²) in [5.41, 5.74) is 2.41. The highest BCUT2D eigenvalue weighted by Gasteiger charge is 2.36. The van der Waals surface area contributed by atoms with Crippen molar-refractivity contribution in [3.8, 4) is 0 Å². The second-order valence-corrected chi connectivity index (χ2v) is 7.98. The van der Waals surface area contributed by atoms with Gasteiger partial charge in [0.25, 0.3) is 0 Å². The van der Waals surface area contributed by atoms with Gasteiger partial charge in [0.1, 0.15) is 5.82 Å². The molecule has 0 saturated carbocycles. The molecule has 4 aromatic rings. The molecule has 1 unspecified atom stereocenters. The molecule has 4 nitrogen and oxygen atoms in total. The van der Waals surface area contributed by atoms with Gasteiger partial charge >= 0.3 is 6.18 Å². The van der Waals surface area contributed by atoms with Crippen molar-refractivity contribution in [1.29, 1.82) is 0 Å². The van der Waals surface area contributed by atoms with Crippen LogP contribution in [0, 0.1) is 0 Å². The Bertz CT molecular complexity index is 1280. The van der Waals surface area contributed by atoms with Crippen molar-refractivity contribution in [2.75, 3.05) is 11.4 Å². The summed E-state index contributed by atoms with van der Waals surface area (Å²) in [5, 5.41) is 0. The second-order valence-electron chi connectivity index (χ2n) is 7.98. The molecule has 0 N–H and O–H groups in total. The number of para-hydroxylation sites is 2. The minimum Gasteiger partial charge on any atom is -0.323 e. The average molecular weight is 435 g/mol. The van der Waals surface area contributed by atoms with Crippen molar-refractivity contribution < 1.29 is 18.0 Å². The third-order valence-corrected chi connectivity index (χ3v) is 5.84. The Labute approximate surface area is 182 Å². The zero-order chi connectivity index (χ0) is 22.3. The molecule has 1 atom stereocenters. The van der Waals surface area contributed by atoms with Crippen molar-refractivity contribution in [3.63, 3.8) is 0 Å². The molecule has 2 heterocycles. The van der Waals surface area contributed by atoms with E-state index in [1.165, 1.54) is 11.0 Å². The van der Waals surface area contributed by atoms with Gasteiger partial charge in [-0.05, 0) is 35.9 Å². The van der Waals surface area contributed by atoms with E-state index in [2.05, 4.69) is 4.57 Å². The van der Waals surface area contributed by atoms with E-state index in [-0.39, 0.29) is 30.5 Å². The fourth-order valence-electron chi connectivity index (χ4n) is 4.32. The highest BCUT2D eigenvalue weighted by molar-refractivity contribution is 5.96. The number of benzene rings is 3. The molecule has 1 amide bonds. The highest BCUT2D eigenvalue weighted by Crippen LogP contribution is 2.36. The number of hydrogen-bond donors (Lipinski definition) is 0. The molecule has 0 spiro atoms. The molecule has 0 bridgehead atoms. The predicted octanol–water partition coefficient (Wildman–Crippen LogP) is 5.62. The molecule has 1 aliphatic heterocycles. The predicted molar refractivity (Wildman–Crippen MR) is 116 cm³/mol. The van der Waals surface area contributed by atoms with Crippen LogP contribution < -0.4 is 4.90 Å². The molecular formula is C25H20F3N3O. The van der Waals surface area contributed by atoms with Crippen molar-refractivity contribution in [2.24, 2.45) is 0 Å². The number of nitrogens with zero attached hydrogens (tertiary/aromatic N) is 3. The average Bonchev–Trinajstić information content (AvgIpc) is 3.35. The Hall–Kier alpha value is -3.61. The lowest BCUT2D eigenvalue weighted by atomic mass is 10.1. The molecule has 162 valence electrons. The van der Waals surface area contributed by atoms with Crippen LogP contribution in [0.3, 0.4) is 0 Å². The van der Waals surface area contributed by atoms with E-state index in [0.717, 1.165) is 34.6 Å². The van der Waals surface area contributed by atoms with E-state index in [0.29, 0.717) is 6.54 Å². The van der Waals surface area contributed by atoms with Crippen LogP contribution in [0.15, 0.2) is 78.9 Å². The van der Waals surface area contributed by atoms with Gasteiger partial charge in [0.2, 0.25) is 5.91 Å². The summed E-state index contributed by atoms with van der Waals surface area (Å²) in [6.07, 6.45) is -4.25. The maximum atomic E-state index is 13.2. The first kappa shape index (κ1) is 20.3. The van der Waals surface area contributed by atoms with Crippen LogP contribution in [0.25, 0.3) is 11.0 Å². The van der Waals surface area contributed by atoms with Crippen LogP contribution in [0.4, 0.5) is 18.9 Å². The SMILES string of the molecule is O=C1CC(c2nc3ccccc3n2Cc2ccccc2)CN1c1cccc(C(F)(F)F)c1. The van der Waals surface area contributed by atoms with E-state index in [9.17, 15) is 18.0 Å². The lowest BCUT2D eigenvalue weighted by Gasteiger charge is -2.19. The van der Waals surface area contributed by atoms with Gasteiger partial charge in [0, 0.05) is 31.1 Å². The minimum atomic E-state index is -4.46. The molecule has 7 heteroatoms. The van der Waals surface area contributed by atoms with Gasteiger partial charge in [0.15, 0.2) is 0 Å². The number of amides is 1. The summed E-state index contributed by atoms with van der Waals surface area (Å²) in [4.78, 5) is 19.1. The fourth-order valence-corrected chi connectivity index (χ4v) is 4.32. The normalized spacial score (nSPS) is 16.8. The van der Waals surface area contributed by atoms with E-state index < -0.39 is 11.7 Å². The number of alkyl halides is 3. The first-order chi connectivity index (χ1) is 15.4. The molecule has 1 aliphatic rings. The Kier molecular flexibility index (Phi) is 4.96. The van der Waals surface area contributed by atoms with E-state index in [1.54, 1.807) is 6.07 Å². The number of carbonyl (C=O) groups is 1. The zero-order valence-corrected chi connectivity index (χ0v) is 17.1. The zero-order valence-electron chi connectivity index (χ0n) is 17.1.